The van der Waals surface area contributed by atoms with Crippen molar-refractivity contribution in [3.63, 3.8) is 0 Å². The molecule has 2 unspecified atom stereocenters. The van der Waals surface area contributed by atoms with Gasteiger partial charge in [0.1, 0.15) is 23.2 Å². The quantitative estimate of drug-likeness (QED) is 0.195. The number of fused-ring (bicyclic) bond motifs is 2. The van der Waals surface area contributed by atoms with Crippen LogP contribution in [0.2, 0.25) is 0 Å². The lowest BCUT2D eigenvalue weighted by atomic mass is 9.97. The normalized spacial score (nSPS) is 24.4. The molecule has 17 heteroatoms. The van der Waals surface area contributed by atoms with Crippen molar-refractivity contribution in [2.75, 3.05) is 6.54 Å². The van der Waals surface area contributed by atoms with Crippen LogP contribution in [0.3, 0.4) is 0 Å². The Bertz CT molecular complexity index is 2400. The second kappa shape index (κ2) is 16.6. The van der Waals surface area contributed by atoms with Crippen molar-refractivity contribution in [3.05, 3.63) is 102 Å². The molecule has 7 rings (SSSR count). The number of hydrogen-bond acceptors (Lipinski definition) is 10. The Hall–Kier alpha value is -6.10. The van der Waals surface area contributed by atoms with E-state index in [0.717, 1.165) is 24.5 Å². The van der Waals surface area contributed by atoms with Gasteiger partial charge >= 0.3 is 6.09 Å². The Kier molecular flexibility index (Phi) is 11.6. The van der Waals surface area contributed by atoms with Gasteiger partial charge in [-0.15, -0.1) is 0 Å². The molecule has 2 aromatic heterocycles. The molecule has 2 aliphatic heterocycles. The van der Waals surface area contributed by atoms with E-state index in [9.17, 15) is 32.4 Å². The van der Waals surface area contributed by atoms with E-state index in [2.05, 4.69) is 30.4 Å². The SMILES string of the molecule is CC(C)(C)OC(=O)N[C@H]1CCCCC/C=C\[C@@H]2CC2(C(=O)NS(=O)(=O)c2cnc[nH]2)NC(=O)[C@@H]2CC(n3ncc(-c4ccccc4)c(-c4ccccc4)c3=O)CN2C1=O. The number of carbonyl (C=O) groups excluding carboxylic acids is 4. The molecule has 1 aliphatic carbocycles. The summed E-state index contributed by atoms with van der Waals surface area (Å²) in [4.78, 5) is 78.6. The summed E-state index contributed by atoms with van der Waals surface area (Å²) in [5.74, 6) is -2.79. The third-order valence-corrected chi connectivity index (χ3v) is 12.1. The summed E-state index contributed by atoms with van der Waals surface area (Å²) in [6.07, 6.45) is 9.66. The summed E-state index contributed by atoms with van der Waals surface area (Å²) in [6.45, 7) is 4.99. The summed E-state index contributed by atoms with van der Waals surface area (Å²) in [7, 11) is -4.37. The van der Waals surface area contributed by atoms with E-state index >= 15 is 0 Å². The maximum atomic E-state index is 14.7. The number of rotatable bonds is 7. The Labute approximate surface area is 341 Å². The van der Waals surface area contributed by atoms with Gasteiger partial charge in [-0.05, 0) is 57.6 Å². The van der Waals surface area contributed by atoms with Gasteiger partial charge in [0.25, 0.3) is 21.5 Å². The average molecular weight is 825 g/mol. The molecule has 310 valence electrons. The number of benzene rings is 2. The van der Waals surface area contributed by atoms with Gasteiger partial charge in [0.2, 0.25) is 11.8 Å². The zero-order valence-corrected chi connectivity index (χ0v) is 33.9. The molecule has 1 saturated heterocycles. The Balaban J connectivity index is 1.27. The van der Waals surface area contributed by atoms with Gasteiger partial charge in [0, 0.05) is 24.4 Å². The van der Waals surface area contributed by atoms with E-state index in [0.29, 0.717) is 36.0 Å². The number of carbonyl (C=O) groups is 4. The lowest BCUT2D eigenvalue weighted by Gasteiger charge is -2.30. The molecule has 16 nitrogen and oxygen atoms in total. The van der Waals surface area contributed by atoms with Crippen LogP contribution in [0.25, 0.3) is 22.3 Å². The zero-order valence-electron chi connectivity index (χ0n) is 33.1. The first-order valence-corrected chi connectivity index (χ1v) is 21.2. The number of allylic oxidation sites excluding steroid dienone is 1. The molecule has 0 radical (unpaired) electrons. The Morgan fingerprint density at radius 2 is 1.66 bits per heavy atom. The fraction of sp³-hybridized carbons (Fsp3) is 0.405. The van der Waals surface area contributed by atoms with Gasteiger partial charge in [-0.1, -0.05) is 85.7 Å². The highest BCUT2D eigenvalue weighted by Crippen LogP contribution is 2.46. The van der Waals surface area contributed by atoms with Gasteiger partial charge in [0.05, 0.1) is 30.3 Å². The maximum Gasteiger partial charge on any atom is 0.408 e. The monoisotopic (exact) mass is 824 g/mol. The second-order valence-electron chi connectivity index (χ2n) is 16.2. The topological polar surface area (TPSA) is 215 Å². The molecular weight excluding hydrogens is 777 g/mol. The molecule has 4 heterocycles. The minimum Gasteiger partial charge on any atom is -0.444 e. The van der Waals surface area contributed by atoms with Gasteiger partial charge in [-0.2, -0.15) is 13.5 Å². The second-order valence-corrected chi connectivity index (χ2v) is 17.8. The summed E-state index contributed by atoms with van der Waals surface area (Å²) in [6, 6.07) is 15.4. The van der Waals surface area contributed by atoms with Crippen LogP contribution in [0.4, 0.5) is 4.79 Å². The summed E-state index contributed by atoms with van der Waals surface area (Å²) in [5.41, 5.74) is -0.523. The number of nitrogens with one attached hydrogen (secondary N) is 4. The Morgan fingerprint density at radius 3 is 2.34 bits per heavy atom. The van der Waals surface area contributed by atoms with Crippen LogP contribution in [0, 0.1) is 5.92 Å². The average Bonchev–Trinajstić information content (AvgIpc) is 3.51. The highest BCUT2D eigenvalue weighted by atomic mass is 32.2. The molecule has 4 N–H and O–H groups in total. The predicted octanol–water partition coefficient (Wildman–Crippen LogP) is 4.24. The van der Waals surface area contributed by atoms with E-state index in [1.54, 1.807) is 33.0 Å². The van der Waals surface area contributed by atoms with Crippen molar-refractivity contribution in [1.29, 1.82) is 0 Å². The summed E-state index contributed by atoms with van der Waals surface area (Å²) in [5, 5.41) is 9.84. The van der Waals surface area contributed by atoms with Crippen LogP contribution >= 0.6 is 0 Å². The van der Waals surface area contributed by atoms with Crippen molar-refractivity contribution in [1.82, 2.24) is 40.0 Å². The fourth-order valence-electron chi connectivity index (χ4n) is 7.83. The number of hydrogen-bond donors (Lipinski definition) is 4. The highest BCUT2D eigenvalue weighted by Gasteiger charge is 2.62. The molecule has 4 amide bonds. The van der Waals surface area contributed by atoms with Crippen molar-refractivity contribution >= 4 is 33.8 Å². The molecule has 0 bridgehead atoms. The van der Waals surface area contributed by atoms with Crippen LogP contribution in [-0.4, -0.2) is 86.6 Å². The molecule has 1 saturated carbocycles. The van der Waals surface area contributed by atoms with Crippen LogP contribution in [0.5, 0.6) is 0 Å². The molecule has 2 aromatic carbocycles. The number of aromatic amines is 1. The number of imidazole rings is 1. The van der Waals surface area contributed by atoms with E-state index in [1.807, 2.05) is 66.7 Å². The van der Waals surface area contributed by atoms with Crippen LogP contribution < -0.4 is 20.9 Å². The van der Waals surface area contributed by atoms with Gasteiger partial charge in [0.15, 0.2) is 5.03 Å². The number of H-pyrrole nitrogens is 1. The third-order valence-electron chi connectivity index (χ3n) is 10.8. The minimum atomic E-state index is -4.37. The largest absolute Gasteiger partial charge is 0.444 e. The fourth-order valence-corrected chi connectivity index (χ4v) is 8.77. The van der Waals surface area contributed by atoms with Crippen molar-refractivity contribution in [3.8, 4) is 22.3 Å². The van der Waals surface area contributed by atoms with Crippen LogP contribution in [0.15, 0.2) is 101 Å². The van der Waals surface area contributed by atoms with E-state index in [1.165, 1.54) is 9.58 Å². The lowest BCUT2D eigenvalue weighted by Crippen LogP contribution is -2.58. The van der Waals surface area contributed by atoms with Gasteiger partial charge < -0.3 is 25.3 Å². The van der Waals surface area contributed by atoms with Gasteiger partial charge in [-0.3, -0.25) is 19.2 Å². The number of aromatic nitrogens is 4. The smallest absolute Gasteiger partial charge is 0.408 e. The molecule has 5 atom stereocenters. The standard InChI is InChI=1S/C42H48N8O8S/c1-41(2,3)58-40(55)46-32-20-14-6-4-5-13-19-29-22-42(29,39(54)48-59(56,57)34-24-43-26-44-34)47-36(51)33-21-30(25-49(33)37(32)52)50-38(53)35(28-17-11-8-12-18-28)31(23-45-50)27-15-9-7-10-16-27/h7-13,15-19,23-24,26,29-30,32-33H,4-6,14,20-22,25H2,1-3H3,(H,43,44)(H,46,55)(H,47,51)(H,48,54)/b19-13-/t29-,30?,32+,33+,42?/m1/s1. The molecule has 2 fully saturated rings. The van der Waals surface area contributed by atoms with Gasteiger partial charge in [-0.25, -0.2) is 19.2 Å². The first-order chi connectivity index (χ1) is 28.2. The summed E-state index contributed by atoms with van der Waals surface area (Å²) >= 11 is 0. The highest BCUT2D eigenvalue weighted by molar-refractivity contribution is 7.90. The van der Waals surface area contributed by atoms with Crippen LogP contribution in [0.1, 0.15) is 71.8 Å². The molecule has 3 aliphatic rings. The number of ether oxygens (including phenoxy) is 1. The molecule has 59 heavy (non-hydrogen) atoms. The first kappa shape index (κ1) is 41.1. The molecule has 0 spiro atoms. The number of sulfonamides is 1. The zero-order chi connectivity index (χ0) is 42.0. The van der Waals surface area contributed by atoms with Crippen LogP contribution in [-0.2, 0) is 29.1 Å². The maximum absolute atomic E-state index is 14.7. The molecular formula is C42H48N8O8S. The first-order valence-electron chi connectivity index (χ1n) is 19.7. The minimum absolute atomic E-state index is 0.0762. The number of amides is 4. The van der Waals surface area contributed by atoms with Crippen molar-refractivity contribution in [2.45, 2.75) is 100 Å². The lowest BCUT2D eigenvalue weighted by molar-refractivity contribution is -0.141. The van der Waals surface area contributed by atoms with E-state index in [-0.39, 0.29) is 30.8 Å². The Morgan fingerprint density at radius 1 is 0.949 bits per heavy atom. The van der Waals surface area contributed by atoms with Crippen molar-refractivity contribution < 1.29 is 32.3 Å². The third kappa shape index (κ3) is 8.99. The van der Waals surface area contributed by atoms with E-state index in [4.69, 9.17) is 4.74 Å². The predicted molar refractivity (Wildman–Crippen MR) is 217 cm³/mol. The van der Waals surface area contributed by atoms with E-state index < -0.39 is 74.6 Å². The summed E-state index contributed by atoms with van der Waals surface area (Å²) < 4.78 is 35.2. The number of nitrogens with zero attached hydrogens (tertiary/aromatic N) is 4. The molecule has 4 aromatic rings. The number of alkyl carbamates (subject to hydrolysis) is 1. The van der Waals surface area contributed by atoms with Crippen molar-refractivity contribution in [2.24, 2.45) is 5.92 Å².